The predicted molar refractivity (Wildman–Crippen MR) is 65.6 cm³/mol. The molecule has 10 heteroatoms. The molecular weight excluding hydrogens is 353 g/mol. The number of benzene rings is 1. The van der Waals surface area contributed by atoms with Crippen LogP contribution in [0.3, 0.4) is 0 Å². The largest absolute Gasteiger partial charge is 0.460 e. The lowest BCUT2D eigenvalue weighted by molar-refractivity contribution is -0.400. The molecule has 0 fully saturated rings. The fourth-order valence-electron chi connectivity index (χ4n) is 1.99. The van der Waals surface area contributed by atoms with Gasteiger partial charge in [0.1, 0.15) is 0 Å². The van der Waals surface area contributed by atoms with Crippen LogP contribution in [0.2, 0.25) is 0 Å². The molecule has 0 aliphatic heterocycles. The standard InChI is InChI=1S/C14H8F9N/c15-11(16,12(17,18)13(19,20)14(21,22)23)10-7-4-8-24(10)9-5-2-1-3-6-9/h1-8H. The van der Waals surface area contributed by atoms with E-state index >= 15 is 0 Å². The molecule has 132 valence electrons. The van der Waals surface area contributed by atoms with Crippen molar-refractivity contribution in [2.75, 3.05) is 0 Å². The van der Waals surface area contributed by atoms with E-state index in [2.05, 4.69) is 0 Å². The quantitative estimate of drug-likeness (QED) is 0.643. The Labute approximate surface area is 129 Å². The summed E-state index contributed by atoms with van der Waals surface area (Å²) >= 11 is 0. The number of para-hydroxylation sites is 1. The number of halogens is 9. The summed E-state index contributed by atoms with van der Waals surface area (Å²) in [4.78, 5) is 0. The van der Waals surface area contributed by atoms with Gasteiger partial charge in [0.25, 0.3) is 0 Å². The first kappa shape index (κ1) is 18.2. The summed E-state index contributed by atoms with van der Waals surface area (Å²) in [7, 11) is 0. The fraction of sp³-hybridized carbons (Fsp3) is 0.286. The van der Waals surface area contributed by atoms with E-state index in [9.17, 15) is 39.5 Å². The number of rotatable bonds is 4. The Morgan fingerprint density at radius 2 is 1.17 bits per heavy atom. The Kier molecular flexibility index (Phi) is 4.14. The highest BCUT2D eigenvalue weighted by Gasteiger charge is 2.82. The van der Waals surface area contributed by atoms with Crippen LogP contribution in [-0.4, -0.2) is 22.6 Å². The molecule has 2 rings (SSSR count). The third-order valence-corrected chi connectivity index (χ3v) is 3.25. The first-order chi connectivity index (χ1) is 10.8. The van der Waals surface area contributed by atoms with Gasteiger partial charge in [-0.05, 0) is 24.3 Å². The first-order valence-electron chi connectivity index (χ1n) is 6.27. The zero-order valence-corrected chi connectivity index (χ0v) is 11.5. The average molecular weight is 361 g/mol. The number of hydrogen-bond donors (Lipinski definition) is 0. The Morgan fingerprint density at radius 3 is 1.67 bits per heavy atom. The first-order valence-corrected chi connectivity index (χ1v) is 6.27. The van der Waals surface area contributed by atoms with Crippen molar-refractivity contribution < 1.29 is 39.5 Å². The van der Waals surface area contributed by atoms with Gasteiger partial charge < -0.3 is 4.57 Å². The molecule has 0 aliphatic carbocycles. The molecule has 0 saturated heterocycles. The number of hydrogen-bond acceptors (Lipinski definition) is 0. The molecular formula is C14H8F9N. The molecule has 1 aromatic heterocycles. The van der Waals surface area contributed by atoms with Crippen molar-refractivity contribution in [3.05, 3.63) is 54.4 Å². The maximum absolute atomic E-state index is 14.0. The molecule has 0 amide bonds. The van der Waals surface area contributed by atoms with Crippen LogP contribution in [0, 0.1) is 0 Å². The van der Waals surface area contributed by atoms with Gasteiger partial charge in [0.15, 0.2) is 0 Å². The van der Waals surface area contributed by atoms with Crippen molar-refractivity contribution in [3.63, 3.8) is 0 Å². The van der Waals surface area contributed by atoms with Crippen molar-refractivity contribution in [2.45, 2.75) is 23.9 Å². The zero-order valence-electron chi connectivity index (χ0n) is 11.5. The van der Waals surface area contributed by atoms with Gasteiger partial charge >= 0.3 is 23.9 Å². The van der Waals surface area contributed by atoms with E-state index in [1.807, 2.05) is 0 Å². The molecule has 2 aromatic rings. The molecule has 0 N–H and O–H groups in total. The Hall–Kier alpha value is -2.13. The minimum atomic E-state index is -6.92. The molecule has 0 spiro atoms. The third-order valence-electron chi connectivity index (χ3n) is 3.25. The number of nitrogens with zero attached hydrogens (tertiary/aromatic N) is 1. The van der Waals surface area contributed by atoms with Gasteiger partial charge in [-0.25, -0.2) is 0 Å². The predicted octanol–water partition coefficient (Wildman–Crippen LogP) is 5.40. The van der Waals surface area contributed by atoms with Crippen LogP contribution in [0.1, 0.15) is 5.69 Å². The summed E-state index contributed by atoms with van der Waals surface area (Å²) in [6.45, 7) is 0. The second-order valence-electron chi connectivity index (χ2n) is 4.82. The molecule has 0 atom stereocenters. The summed E-state index contributed by atoms with van der Waals surface area (Å²) in [5, 5.41) is 0. The lowest BCUT2D eigenvalue weighted by Crippen LogP contribution is -2.59. The van der Waals surface area contributed by atoms with Crippen molar-refractivity contribution in [1.82, 2.24) is 4.57 Å². The Morgan fingerprint density at radius 1 is 0.625 bits per heavy atom. The monoisotopic (exact) mass is 361 g/mol. The van der Waals surface area contributed by atoms with Crippen molar-refractivity contribution in [1.29, 1.82) is 0 Å². The van der Waals surface area contributed by atoms with Crippen LogP contribution in [0.4, 0.5) is 39.5 Å². The SMILES string of the molecule is FC(F)(F)C(F)(F)C(F)(F)C(F)(F)c1cccn1-c1ccccc1. The minimum Gasteiger partial charge on any atom is -0.315 e. The van der Waals surface area contributed by atoms with Crippen LogP contribution in [0.25, 0.3) is 5.69 Å². The van der Waals surface area contributed by atoms with Gasteiger partial charge in [-0.1, -0.05) is 18.2 Å². The number of alkyl halides is 9. The molecule has 0 radical (unpaired) electrons. The normalized spacial score (nSPS) is 14.0. The van der Waals surface area contributed by atoms with E-state index in [0.29, 0.717) is 10.6 Å². The van der Waals surface area contributed by atoms with Crippen molar-refractivity contribution in [2.24, 2.45) is 0 Å². The van der Waals surface area contributed by atoms with Crippen LogP contribution < -0.4 is 0 Å². The Balaban J connectivity index is 2.58. The van der Waals surface area contributed by atoms with E-state index in [-0.39, 0.29) is 5.69 Å². The minimum absolute atomic E-state index is 0.108. The lowest BCUT2D eigenvalue weighted by Gasteiger charge is -2.34. The molecule has 24 heavy (non-hydrogen) atoms. The van der Waals surface area contributed by atoms with E-state index in [0.717, 1.165) is 12.3 Å². The van der Waals surface area contributed by atoms with Gasteiger partial charge in [0, 0.05) is 11.9 Å². The van der Waals surface area contributed by atoms with Gasteiger partial charge in [-0.15, -0.1) is 0 Å². The van der Waals surface area contributed by atoms with Gasteiger partial charge in [-0.3, -0.25) is 0 Å². The highest BCUT2D eigenvalue weighted by molar-refractivity contribution is 5.37. The summed E-state index contributed by atoms with van der Waals surface area (Å²) in [5.41, 5.74) is -1.80. The fourth-order valence-corrected chi connectivity index (χ4v) is 1.99. The third kappa shape index (κ3) is 2.53. The second kappa shape index (κ2) is 5.45. The van der Waals surface area contributed by atoms with Crippen LogP contribution in [0.15, 0.2) is 48.7 Å². The van der Waals surface area contributed by atoms with Gasteiger partial charge in [-0.2, -0.15) is 39.5 Å². The molecule has 0 saturated carbocycles. The summed E-state index contributed by atoms with van der Waals surface area (Å²) in [6, 6.07) is 7.74. The molecule has 0 bridgehead atoms. The van der Waals surface area contributed by atoms with Crippen molar-refractivity contribution >= 4 is 0 Å². The van der Waals surface area contributed by atoms with E-state index in [4.69, 9.17) is 0 Å². The zero-order chi connectivity index (χ0) is 18.4. The van der Waals surface area contributed by atoms with Crippen LogP contribution >= 0.6 is 0 Å². The second-order valence-corrected chi connectivity index (χ2v) is 4.82. The van der Waals surface area contributed by atoms with E-state index in [1.54, 1.807) is 0 Å². The lowest BCUT2D eigenvalue weighted by atomic mass is 10.0. The van der Waals surface area contributed by atoms with Crippen molar-refractivity contribution in [3.8, 4) is 5.69 Å². The molecule has 0 aliphatic rings. The molecule has 1 aromatic carbocycles. The Bertz CT molecular complexity index is 701. The van der Waals surface area contributed by atoms with Crippen LogP contribution in [0.5, 0.6) is 0 Å². The number of aromatic nitrogens is 1. The average Bonchev–Trinajstić information content (AvgIpc) is 2.96. The summed E-state index contributed by atoms with van der Waals surface area (Å²) < 4.78 is 118. The van der Waals surface area contributed by atoms with E-state index in [1.165, 1.54) is 30.3 Å². The maximum Gasteiger partial charge on any atom is 0.460 e. The van der Waals surface area contributed by atoms with Gasteiger partial charge in [0.05, 0.1) is 5.69 Å². The van der Waals surface area contributed by atoms with Crippen LogP contribution in [-0.2, 0) is 5.92 Å². The molecule has 0 unspecified atom stereocenters. The smallest absolute Gasteiger partial charge is 0.315 e. The molecule has 1 nitrogen and oxygen atoms in total. The summed E-state index contributed by atoms with van der Waals surface area (Å²) in [6.07, 6.45) is -6.00. The molecule has 1 heterocycles. The maximum atomic E-state index is 14.0. The topological polar surface area (TPSA) is 4.93 Å². The van der Waals surface area contributed by atoms with E-state index < -0.39 is 29.6 Å². The highest BCUT2D eigenvalue weighted by atomic mass is 19.4. The highest BCUT2D eigenvalue weighted by Crippen LogP contribution is 2.56. The summed E-state index contributed by atoms with van der Waals surface area (Å²) in [5.74, 6) is -19.4. The van der Waals surface area contributed by atoms with Gasteiger partial charge in [0.2, 0.25) is 0 Å².